The van der Waals surface area contributed by atoms with E-state index in [0.29, 0.717) is 19.4 Å². The number of carbonyl (C=O) groups excluding carboxylic acids is 2. The topological polar surface area (TPSA) is 86.7 Å². The van der Waals surface area contributed by atoms with Crippen molar-refractivity contribution in [2.45, 2.75) is 57.5 Å². The van der Waals surface area contributed by atoms with Crippen LogP contribution < -0.4 is 5.32 Å². The SMILES string of the molecule is CCCC[C@H](NC(=O)C1CCCN1C(=O)Cc1ccccc1)C(=O)O. The highest BCUT2D eigenvalue weighted by atomic mass is 16.4. The van der Waals surface area contributed by atoms with Gasteiger partial charge >= 0.3 is 5.97 Å². The van der Waals surface area contributed by atoms with Crippen LogP contribution in [0.1, 0.15) is 44.6 Å². The molecule has 1 aliphatic heterocycles. The number of nitrogens with one attached hydrogen (secondary N) is 1. The Morgan fingerprint density at radius 2 is 2.00 bits per heavy atom. The normalized spacial score (nSPS) is 18.0. The van der Waals surface area contributed by atoms with Crippen LogP contribution in [0.2, 0.25) is 0 Å². The van der Waals surface area contributed by atoms with Gasteiger partial charge in [0.25, 0.3) is 0 Å². The van der Waals surface area contributed by atoms with Crippen molar-refractivity contribution in [2.24, 2.45) is 0 Å². The molecule has 136 valence electrons. The van der Waals surface area contributed by atoms with Gasteiger partial charge in [0.05, 0.1) is 6.42 Å². The van der Waals surface area contributed by atoms with Crippen molar-refractivity contribution in [2.75, 3.05) is 6.54 Å². The maximum atomic E-state index is 12.6. The number of benzene rings is 1. The Morgan fingerprint density at radius 1 is 1.28 bits per heavy atom. The highest BCUT2D eigenvalue weighted by Crippen LogP contribution is 2.19. The Kier molecular flexibility index (Phi) is 6.98. The highest BCUT2D eigenvalue weighted by Gasteiger charge is 2.35. The van der Waals surface area contributed by atoms with Crippen LogP contribution in [-0.4, -0.2) is 46.4 Å². The van der Waals surface area contributed by atoms with E-state index in [4.69, 9.17) is 0 Å². The van der Waals surface area contributed by atoms with Gasteiger partial charge in [0.2, 0.25) is 11.8 Å². The summed E-state index contributed by atoms with van der Waals surface area (Å²) in [5, 5.41) is 11.9. The molecule has 1 aliphatic rings. The average molecular weight is 346 g/mol. The molecule has 0 radical (unpaired) electrons. The molecule has 0 aliphatic carbocycles. The summed E-state index contributed by atoms with van der Waals surface area (Å²) in [5.74, 6) is -1.48. The number of carboxylic acids is 1. The number of carboxylic acid groups (broad SMARTS) is 1. The minimum atomic E-state index is -1.03. The maximum absolute atomic E-state index is 12.6. The van der Waals surface area contributed by atoms with E-state index in [1.807, 2.05) is 37.3 Å². The van der Waals surface area contributed by atoms with Gasteiger partial charge in [0.15, 0.2) is 0 Å². The summed E-state index contributed by atoms with van der Waals surface area (Å²) >= 11 is 0. The second-order valence-corrected chi connectivity index (χ2v) is 6.45. The van der Waals surface area contributed by atoms with E-state index in [9.17, 15) is 19.5 Å². The molecule has 1 aromatic carbocycles. The first-order chi connectivity index (χ1) is 12.0. The maximum Gasteiger partial charge on any atom is 0.326 e. The molecule has 2 rings (SSSR count). The molecule has 2 atom stereocenters. The van der Waals surface area contributed by atoms with E-state index in [1.165, 1.54) is 0 Å². The molecule has 0 spiro atoms. The van der Waals surface area contributed by atoms with Crippen LogP contribution in [0.4, 0.5) is 0 Å². The van der Waals surface area contributed by atoms with Crippen molar-refractivity contribution in [3.63, 3.8) is 0 Å². The van der Waals surface area contributed by atoms with Crippen LogP contribution in [0.15, 0.2) is 30.3 Å². The van der Waals surface area contributed by atoms with Crippen LogP contribution in [0, 0.1) is 0 Å². The average Bonchev–Trinajstić information content (AvgIpc) is 3.09. The van der Waals surface area contributed by atoms with Crippen LogP contribution in [-0.2, 0) is 20.8 Å². The lowest BCUT2D eigenvalue weighted by Crippen LogP contribution is -2.51. The van der Waals surface area contributed by atoms with Crippen molar-refractivity contribution in [1.29, 1.82) is 0 Å². The largest absolute Gasteiger partial charge is 0.480 e. The molecule has 1 saturated heterocycles. The third-order valence-electron chi connectivity index (χ3n) is 4.53. The number of nitrogens with zero attached hydrogens (tertiary/aromatic N) is 1. The molecule has 6 nitrogen and oxygen atoms in total. The number of likely N-dealkylation sites (tertiary alicyclic amines) is 1. The van der Waals surface area contributed by atoms with Crippen molar-refractivity contribution in [1.82, 2.24) is 10.2 Å². The zero-order valence-corrected chi connectivity index (χ0v) is 14.6. The summed E-state index contributed by atoms with van der Waals surface area (Å²) in [6.07, 6.45) is 3.59. The fourth-order valence-electron chi connectivity index (χ4n) is 3.14. The van der Waals surface area contributed by atoms with Crippen molar-refractivity contribution in [3.05, 3.63) is 35.9 Å². The molecule has 2 amide bonds. The summed E-state index contributed by atoms with van der Waals surface area (Å²) in [6, 6.07) is 7.95. The number of carbonyl (C=O) groups is 3. The third-order valence-corrected chi connectivity index (χ3v) is 4.53. The summed E-state index contributed by atoms with van der Waals surface area (Å²) in [6.45, 7) is 2.51. The van der Waals surface area contributed by atoms with E-state index in [1.54, 1.807) is 4.90 Å². The number of rotatable bonds is 8. The van der Waals surface area contributed by atoms with Gasteiger partial charge in [0, 0.05) is 6.54 Å². The van der Waals surface area contributed by atoms with Gasteiger partial charge < -0.3 is 15.3 Å². The van der Waals surface area contributed by atoms with E-state index < -0.39 is 18.1 Å². The van der Waals surface area contributed by atoms with Crippen molar-refractivity contribution >= 4 is 17.8 Å². The first-order valence-corrected chi connectivity index (χ1v) is 8.89. The zero-order chi connectivity index (χ0) is 18.2. The fraction of sp³-hybridized carbons (Fsp3) is 0.526. The quantitative estimate of drug-likeness (QED) is 0.753. The number of amides is 2. The van der Waals surface area contributed by atoms with E-state index >= 15 is 0 Å². The van der Waals surface area contributed by atoms with Crippen LogP contribution in [0.3, 0.4) is 0 Å². The molecule has 1 heterocycles. The summed E-state index contributed by atoms with van der Waals surface area (Å²) in [4.78, 5) is 38.0. The number of unbranched alkanes of at least 4 members (excludes halogenated alkanes) is 1. The smallest absolute Gasteiger partial charge is 0.326 e. The van der Waals surface area contributed by atoms with Gasteiger partial charge in [-0.1, -0.05) is 50.1 Å². The van der Waals surface area contributed by atoms with E-state index in [-0.39, 0.29) is 18.2 Å². The molecular formula is C19H26N2O4. The molecule has 25 heavy (non-hydrogen) atoms. The molecule has 0 saturated carbocycles. The van der Waals surface area contributed by atoms with Gasteiger partial charge in [-0.25, -0.2) is 4.79 Å². The minimum Gasteiger partial charge on any atom is -0.480 e. The molecule has 0 aromatic heterocycles. The van der Waals surface area contributed by atoms with Gasteiger partial charge in [-0.15, -0.1) is 0 Å². The molecule has 2 N–H and O–H groups in total. The summed E-state index contributed by atoms with van der Waals surface area (Å²) in [7, 11) is 0. The lowest BCUT2D eigenvalue weighted by atomic mass is 10.1. The molecule has 1 fully saturated rings. The molecule has 0 bridgehead atoms. The fourth-order valence-corrected chi connectivity index (χ4v) is 3.14. The lowest BCUT2D eigenvalue weighted by Gasteiger charge is -2.25. The predicted molar refractivity (Wildman–Crippen MR) is 94.0 cm³/mol. The van der Waals surface area contributed by atoms with Gasteiger partial charge in [-0.2, -0.15) is 0 Å². The lowest BCUT2D eigenvalue weighted by molar-refractivity contribution is -0.144. The summed E-state index contributed by atoms with van der Waals surface area (Å²) < 4.78 is 0. The first-order valence-electron chi connectivity index (χ1n) is 8.89. The minimum absolute atomic E-state index is 0.0933. The Labute approximate surface area is 148 Å². The molecule has 1 aromatic rings. The van der Waals surface area contributed by atoms with Gasteiger partial charge in [-0.05, 0) is 24.8 Å². The van der Waals surface area contributed by atoms with Crippen molar-refractivity contribution in [3.8, 4) is 0 Å². The van der Waals surface area contributed by atoms with E-state index in [0.717, 1.165) is 24.8 Å². The molecule has 6 heteroatoms. The molecule has 1 unspecified atom stereocenters. The first kappa shape index (κ1) is 19.0. The monoisotopic (exact) mass is 346 g/mol. The number of hydrogen-bond donors (Lipinski definition) is 2. The Hall–Kier alpha value is -2.37. The summed E-state index contributed by atoms with van der Waals surface area (Å²) in [5.41, 5.74) is 0.907. The van der Waals surface area contributed by atoms with Crippen LogP contribution in [0.25, 0.3) is 0 Å². The Morgan fingerprint density at radius 3 is 2.64 bits per heavy atom. The van der Waals surface area contributed by atoms with Crippen molar-refractivity contribution < 1.29 is 19.5 Å². The number of hydrogen-bond acceptors (Lipinski definition) is 3. The third kappa shape index (κ3) is 5.31. The number of aliphatic carboxylic acids is 1. The highest BCUT2D eigenvalue weighted by molar-refractivity contribution is 5.91. The Bertz CT molecular complexity index is 603. The van der Waals surface area contributed by atoms with Gasteiger partial charge in [-0.3, -0.25) is 9.59 Å². The Balaban J connectivity index is 1.98. The molecular weight excluding hydrogens is 320 g/mol. The second kappa shape index (κ2) is 9.20. The second-order valence-electron chi connectivity index (χ2n) is 6.45. The standard InChI is InChI=1S/C19H26N2O4/c1-2-3-10-15(19(24)25)20-18(23)16-11-7-12-21(16)17(22)13-14-8-5-4-6-9-14/h4-6,8-9,15-16H,2-3,7,10-13H2,1H3,(H,20,23)(H,24,25)/t15-,16?/m0/s1. The predicted octanol–water partition coefficient (Wildman–Crippen LogP) is 1.98. The zero-order valence-electron chi connectivity index (χ0n) is 14.6. The van der Waals surface area contributed by atoms with Crippen LogP contribution in [0.5, 0.6) is 0 Å². The van der Waals surface area contributed by atoms with E-state index in [2.05, 4.69) is 5.32 Å². The van der Waals surface area contributed by atoms with Crippen LogP contribution >= 0.6 is 0 Å². The van der Waals surface area contributed by atoms with Gasteiger partial charge in [0.1, 0.15) is 12.1 Å².